The Balaban J connectivity index is 0.00000450. The molecular weight excluding hydrogens is 493 g/mol. The molecule has 1 saturated heterocycles. The summed E-state index contributed by atoms with van der Waals surface area (Å²) >= 11 is 0. The molecule has 3 N–H and O–H groups in total. The summed E-state index contributed by atoms with van der Waals surface area (Å²) in [7, 11) is 3.48. The highest BCUT2D eigenvalue weighted by molar-refractivity contribution is 14.0. The van der Waals surface area contributed by atoms with Crippen molar-refractivity contribution in [3.8, 4) is 0 Å². The fourth-order valence-corrected chi connectivity index (χ4v) is 3.44. The number of halogens is 1. The average molecular weight is 529 g/mol. The minimum absolute atomic E-state index is 0. The van der Waals surface area contributed by atoms with Crippen molar-refractivity contribution >= 4 is 47.4 Å². The Morgan fingerprint density at radius 1 is 1.27 bits per heavy atom. The lowest BCUT2D eigenvalue weighted by atomic mass is 9.93. The lowest BCUT2D eigenvalue weighted by molar-refractivity contribution is -0.122. The van der Waals surface area contributed by atoms with Crippen LogP contribution in [0.5, 0.6) is 0 Å². The normalized spacial score (nSPS) is 15.7. The van der Waals surface area contributed by atoms with Gasteiger partial charge in [0.1, 0.15) is 0 Å². The Morgan fingerprint density at radius 2 is 1.97 bits per heavy atom. The van der Waals surface area contributed by atoms with E-state index in [1.807, 2.05) is 38.1 Å². The number of likely N-dealkylation sites (tertiary alicyclic amines) is 1. The second-order valence-corrected chi connectivity index (χ2v) is 7.71. The largest absolute Gasteiger partial charge is 0.359 e. The Labute approximate surface area is 197 Å². The SMILES string of the molecule is CCC(C)C(=O)Nc1cccc(CNC(=NC)N2CCC(CC(=O)NC)CC2)c1.I. The molecular formula is C22H36IN5O2. The highest BCUT2D eigenvalue weighted by Crippen LogP contribution is 2.20. The molecule has 1 aromatic carbocycles. The van der Waals surface area contributed by atoms with Gasteiger partial charge in [0.05, 0.1) is 0 Å². The van der Waals surface area contributed by atoms with E-state index < -0.39 is 0 Å². The molecule has 2 amide bonds. The predicted octanol–water partition coefficient (Wildman–Crippen LogP) is 3.21. The molecule has 0 aromatic heterocycles. The summed E-state index contributed by atoms with van der Waals surface area (Å²) in [5.74, 6) is 1.48. The molecule has 0 spiro atoms. The number of hydrogen-bond donors (Lipinski definition) is 3. The van der Waals surface area contributed by atoms with Crippen LogP contribution in [0.4, 0.5) is 5.69 Å². The topological polar surface area (TPSA) is 85.8 Å². The first-order chi connectivity index (χ1) is 14.0. The van der Waals surface area contributed by atoms with Crippen LogP contribution in [0.3, 0.4) is 0 Å². The molecule has 7 nitrogen and oxygen atoms in total. The van der Waals surface area contributed by atoms with Crippen LogP contribution in [0.25, 0.3) is 0 Å². The first-order valence-electron chi connectivity index (χ1n) is 10.5. The minimum Gasteiger partial charge on any atom is -0.359 e. The summed E-state index contributed by atoms with van der Waals surface area (Å²) in [5.41, 5.74) is 1.90. The van der Waals surface area contributed by atoms with Gasteiger partial charge in [-0.05, 0) is 42.9 Å². The minimum atomic E-state index is 0. The van der Waals surface area contributed by atoms with Crippen molar-refractivity contribution in [1.29, 1.82) is 0 Å². The number of nitrogens with zero attached hydrogens (tertiary/aromatic N) is 2. The highest BCUT2D eigenvalue weighted by Gasteiger charge is 2.23. The van der Waals surface area contributed by atoms with Crippen molar-refractivity contribution in [1.82, 2.24) is 15.5 Å². The third-order valence-corrected chi connectivity index (χ3v) is 5.58. The van der Waals surface area contributed by atoms with Crippen molar-refractivity contribution in [2.24, 2.45) is 16.8 Å². The summed E-state index contributed by atoms with van der Waals surface area (Å²) in [6, 6.07) is 7.90. The maximum absolute atomic E-state index is 12.1. The molecule has 0 bridgehead atoms. The zero-order valence-electron chi connectivity index (χ0n) is 18.5. The van der Waals surface area contributed by atoms with Crippen molar-refractivity contribution in [3.05, 3.63) is 29.8 Å². The van der Waals surface area contributed by atoms with E-state index >= 15 is 0 Å². The summed E-state index contributed by atoms with van der Waals surface area (Å²) in [4.78, 5) is 30.3. The average Bonchev–Trinajstić information content (AvgIpc) is 2.74. The van der Waals surface area contributed by atoms with Gasteiger partial charge >= 0.3 is 0 Å². The monoisotopic (exact) mass is 529 g/mol. The Hall–Kier alpha value is -1.84. The zero-order valence-corrected chi connectivity index (χ0v) is 20.9. The molecule has 0 saturated carbocycles. The van der Waals surface area contributed by atoms with Crippen molar-refractivity contribution < 1.29 is 9.59 Å². The standard InChI is InChI=1S/C22H35N5O2.HI/c1-5-16(2)21(29)26-19-8-6-7-18(13-19)15-25-22(24-4)27-11-9-17(10-12-27)14-20(28)23-3;/h6-8,13,16-17H,5,9-12,14-15H2,1-4H3,(H,23,28)(H,24,25)(H,26,29);1H. The molecule has 30 heavy (non-hydrogen) atoms. The molecule has 1 heterocycles. The van der Waals surface area contributed by atoms with E-state index in [1.165, 1.54) is 0 Å². The van der Waals surface area contributed by atoms with Gasteiger partial charge in [-0.2, -0.15) is 0 Å². The van der Waals surface area contributed by atoms with Crippen molar-refractivity contribution in [3.63, 3.8) is 0 Å². The van der Waals surface area contributed by atoms with E-state index in [4.69, 9.17) is 0 Å². The molecule has 2 rings (SSSR count). The Kier molecular flexibility index (Phi) is 11.8. The van der Waals surface area contributed by atoms with Crippen LogP contribution in [0.1, 0.15) is 45.1 Å². The smallest absolute Gasteiger partial charge is 0.227 e. The Bertz CT molecular complexity index is 717. The molecule has 168 valence electrons. The summed E-state index contributed by atoms with van der Waals surface area (Å²) in [6.07, 6.45) is 3.41. The first kappa shape index (κ1) is 26.2. The number of amides is 2. The number of nitrogens with one attached hydrogen (secondary N) is 3. The lowest BCUT2D eigenvalue weighted by Crippen LogP contribution is -2.45. The van der Waals surface area contributed by atoms with E-state index in [-0.39, 0.29) is 41.7 Å². The van der Waals surface area contributed by atoms with Gasteiger partial charge in [-0.25, -0.2) is 0 Å². The third-order valence-electron chi connectivity index (χ3n) is 5.58. The summed E-state index contributed by atoms with van der Waals surface area (Å²) < 4.78 is 0. The van der Waals surface area contributed by atoms with Crippen LogP contribution in [0, 0.1) is 11.8 Å². The summed E-state index contributed by atoms with van der Waals surface area (Å²) in [6.45, 7) is 6.37. The molecule has 0 radical (unpaired) electrons. The molecule has 1 aliphatic heterocycles. The van der Waals surface area contributed by atoms with Gasteiger partial charge < -0.3 is 20.9 Å². The maximum atomic E-state index is 12.1. The highest BCUT2D eigenvalue weighted by atomic mass is 127. The molecule has 8 heteroatoms. The van der Waals surface area contributed by atoms with Crippen LogP contribution < -0.4 is 16.0 Å². The van der Waals surface area contributed by atoms with E-state index in [0.29, 0.717) is 18.9 Å². The van der Waals surface area contributed by atoms with Gasteiger partial charge in [0, 0.05) is 51.8 Å². The van der Waals surface area contributed by atoms with Gasteiger partial charge in [-0.3, -0.25) is 14.6 Å². The fraction of sp³-hybridized carbons (Fsp3) is 0.591. The van der Waals surface area contributed by atoms with Gasteiger partial charge in [-0.1, -0.05) is 26.0 Å². The van der Waals surface area contributed by atoms with E-state index in [2.05, 4.69) is 25.8 Å². The van der Waals surface area contributed by atoms with Crippen LogP contribution in [-0.2, 0) is 16.1 Å². The van der Waals surface area contributed by atoms with E-state index in [1.54, 1.807) is 14.1 Å². The van der Waals surface area contributed by atoms with Gasteiger partial charge in [-0.15, -0.1) is 24.0 Å². The first-order valence-corrected chi connectivity index (χ1v) is 10.5. The number of anilines is 1. The number of aliphatic imine (C=N–C) groups is 1. The van der Waals surface area contributed by atoms with Gasteiger partial charge in [0.15, 0.2) is 5.96 Å². The number of hydrogen-bond acceptors (Lipinski definition) is 3. The van der Waals surface area contributed by atoms with Crippen LogP contribution in [0.2, 0.25) is 0 Å². The Morgan fingerprint density at radius 3 is 2.57 bits per heavy atom. The molecule has 0 aliphatic carbocycles. The van der Waals surface area contributed by atoms with Crippen molar-refractivity contribution in [2.75, 3.05) is 32.5 Å². The lowest BCUT2D eigenvalue weighted by Gasteiger charge is -2.34. The van der Waals surface area contributed by atoms with E-state index in [0.717, 1.165) is 49.6 Å². The van der Waals surface area contributed by atoms with Gasteiger partial charge in [0.2, 0.25) is 11.8 Å². The molecule has 1 aliphatic rings. The number of benzene rings is 1. The quantitative estimate of drug-likeness (QED) is 0.288. The summed E-state index contributed by atoms with van der Waals surface area (Å²) in [5, 5.41) is 9.11. The zero-order chi connectivity index (χ0) is 21.2. The van der Waals surface area contributed by atoms with Crippen LogP contribution in [0.15, 0.2) is 29.3 Å². The second kappa shape index (κ2) is 13.5. The molecule has 1 atom stereocenters. The van der Waals surface area contributed by atoms with E-state index in [9.17, 15) is 9.59 Å². The molecule has 1 aromatic rings. The molecule has 1 fully saturated rings. The molecule has 1 unspecified atom stereocenters. The number of rotatable bonds is 7. The second-order valence-electron chi connectivity index (χ2n) is 7.71. The third kappa shape index (κ3) is 8.12. The maximum Gasteiger partial charge on any atom is 0.227 e. The van der Waals surface area contributed by atoms with Gasteiger partial charge in [0.25, 0.3) is 0 Å². The number of carbonyl (C=O) groups is 2. The van der Waals surface area contributed by atoms with Crippen LogP contribution >= 0.6 is 24.0 Å². The fourth-order valence-electron chi connectivity index (χ4n) is 3.44. The van der Waals surface area contributed by atoms with Crippen molar-refractivity contribution in [2.45, 2.75) is 46.1 Å². The predicted molar refractivity (Wildman–Crippen MR) is 133 cm³/mol. The number of guanidine groups is 1. The number of piperidine rings is 1. The number of carbonyl (C=O) groups excluding carboxylic acids is 2. The van der Waals surface area contributed by atoms with Crippen LogP contribution in [-0.4, -0.2) is 49.9 Å².